The standard InChI is InChI=1S/C21H29N5O/c1-16-11-19(24-20(22)23-16)26-10-8-21(15-26)7-4-9-25(14-21)13-17-5-3-6-18(12-17)27-2/h3,5-6,11-12H,4,7-10,13-15H2,1-2H3,(H2,22,23,24)/t21-/m1/s1. The van der Waals surface area contributed by atoms with Gasteiger partial charge < -0.3 is 15.4 Å². The first-order chi connectivity index (χ1) is 13.0. The molecule has 1 aromatic heterocycles. The number of benzene rings is 1. The monoisotopic (exact) mass is 367 g/mol. The number of hydrogen-bond acceptors (Lipinski definition) is 6. The average Bonchev–Trinajstić information content (AvgIpc) is 3.04. The van der Waals surface area contributed by atoms with Crippen molar-refractivity contribution in [2.45, 2.75) is 32.7 Å². The van der Waals surface area contributed by atoms with E-state index in [1.807, 2.05) is 19.1 Å². The molecule has 2 N–H and O–H groups in total. The van der Waals surface area contributed by atoms with Crippen LogP contribution in [0.15, 0.2) is 30.3 Å². The molecule has 144 valence electrons. The number of ether oxygens (including phenoxy) is 1. The summed E-state index contributed by atoms with van der Waals surface area (Å²) >= 11 is 0. The van der Waals surface area contributed by atoms with E-state index in [0.717, 1.165) is 43.4 Å². The van der Waals surface area contributed by atoms with E-state index in [0.29, 0.717) is 11.4 Å². The topological polar surface area (TPSA) is 67.5 Å². The van der Waals surface area contributed by atoms with Gasteiger partial charge in [0.25, 0.3) is 0 Å². The van der Waals surface area contributed by atoms with Crippen molar-refractivity contribution in [2.75, 3.05) is 43.9 Å². The first kappa shape index (κ1) is 18.0. The molecule has 0 amide bonds. The zero-order valence-electron chi connectivity index (χ0n) is 16.3. The van der Waals surface area contributed by atoms with Crippen molar-refractivity contribution in [3.05, 3.63) is 41.6 Å². The molecule has 0 unspecified atom stereocenters. The first-order valence-electron chi connectivity index (χ1n) is 9.77. The van der Waals surface area contributed by atoms with Crippen LogP contribution >= 0.6 is 0 Å². The van der Waals surface area contributed by atoms with Crippen LogP contribution in [0.25, 0.3) is 0 Å². The van der Waals surface area contributed by atoms with Crippen molar-refractivity contribution in [1.82, 2.24) is 14.9 Å². The Morgan fingerprint density at radius 3 is 2.85 bits per heavy atom. The lowest BCUT2D eigenvalue weighted by molar-refractivity contribution is 0.0991. The highest BCUT2D eigenvalue weighted by Gasteiger charge is 2.41. The lowest BCUT2D eigenvalue weighted by atomic mass is 9.79. The molecule has 4 rings (SSSR count). The number of hydrogen-bond donors (Lipinski definition) is 1. The molecule has 2 aliphatic rings. The van der Waals surface area contributed by atoms with E-state index in [1.165, 1.54) is 31.4 Å². The number of anilines is 2. The second-order valence-electron chi connectivity index (χ2n) is 8.06. The van der Waals surface area contributed by atoms with E-state index in [-0.39, 0.29) is 0 Å². The molecule has 2 aliphatic heterocycles. The molecule has 1 aromatic carbocycles. The molecular weight excluding hydrogens is 338 g/mol. The van der Waals surface area contributed by atoms with Crippen molar-refractivity contribution in [1.29, 1.82) is 0 Å². The van der Waals surface area contributed by atoms with Crippen LogP contribution in [0.4, 0.5) is 11.8 Å². The number of rotatable bonds is 4. The van der Waals surface area contributed by atoms with Gasteiger partial charge in [-0.3, -0.25) is 4.90 Å². The summed E-state index contributed by atoms with van der Waals surface area (Å²) in [6.45, 7) is 7.36. The molecule has 0 bridgehead atoms. The Hall–Kier alpha value is -2.34. The Labute approximate surface area is 161 Å². The lowest BCUT2D eigenvalue weighted by Gasteiger charge is -2.40. The largest absolute Gasteiger partial charge is 0.497 e. The van der Waals surface area contributed by atoms with Gasteiger partial charge in [0.1, 0.15) is 11.6 Å². The molecule has 3 heterocycles. The lowest BCUT2D eigenvalue weighted by Crippen LogP contribution is -2.44. The van der Waals surface area contributed by atoms with Crippen molar-refractivity contribution >= 4 is 11.8 Å². The summed E-state index contributed by atoms with van der Waals surface area (Å²) in [5.74, 6) is 2.28. The molecular formula is C21H29N5O. The van der Waals surface area contributed by atoms with E-state index in [9.17, 15) is 0 Å². The van der Waals surface area contributed by atoms with E-state index in [4.69, 9.17) is 10.5 Å². The van der Waals surface area contributed by atoms with Gasteiger partial charge in [-0.15, -0.1) is 0 Å². The maximum Gasteiger partial charge on any atom is 0.222 e. The van der Waals surface area contributed by atoms with Crippen LogP contribution in [0.2, 0.25) is 0 Å². The van der Waals surface area contributed by atoms with Gasteiger partial charge in [0.15, 0.2) is 0 Å². The average molecular weight is 367 g/mol. The Balaban J connectivity index is 1.44. The summed E-state index contributed by atoms with van der Waals surface area (Å²) in [5, 5.41) is 0. The summed E-state index contributed by atoms with van der Waals surface area (Å²) < 4.78 is 5.37. The molecule has 1 spiro atoms. The minimum atomic E-state index is 0.352. The third kappa shape index (κ3) is 4.00. The summed E-state index contributed by atoms with van der Waals surface area (Å²) in [6.07, 6.45) is 3.75. The van der Waals surface area contributed by atoms with Crippen LogP contribution in [0, 0.1) is 12.3 Å². The van der Waals surface area contributed by atoms with Crippen LogP contribution in [-0.2, 0) is 6.54 Å². The summed E-state index contributed by atoms with van der Waals surface area (Å²) in [5.41, 5.74) is 8.47. The molecule has 2 aromatic rings. The van der Waals surface area contributed by atoms with Crippen LogP contribution in [0.5, 0.6) is 5.75 Å². The maximum absolute atomic E-state index is 5.86. The van der Waals surface area contributed by atoms with Gasteiger partial charge in [-0.25, -0.2) is 4.98 Å². The van der Waals surface area contributed by atoms with Crippen molar-refractivity contribution < 1.29 is 4.74 Å². The number of aryl methyl sites for hydroxylation is 1. The highest BCUT2D eigenvalue weighted by Crippen LogP contribution is 2.40. The highest BCUT2D eigenvalue weighted by molar-refractivity contribution is 5.45. The van der Waals surface area contributed by atoms with Crippen molar-refractivity contribution in [2.24, 2.45) is 5.41 Å². The smallest absolute Gasteiger partial charge is 0.222 e. The maximum atomic E-state index is 5.86. The summed E-state index contributed by atoms with van der Waals surface area (Å²) in [6, 6.07) is 10.5. The van der Waals surface area contributed by atoms with E-state index >= 15 is 0 Å². The number of likely N-dealkylation sites (tertiary alicyclic amines) is 1. The number of nitrogens with two attached hydrogens (primary N) is 1. The number of nitrogens with zero attached hydrogens (tertiary/aromatic N) is 4. The van der Waals surface area contributed by atoms with Crippen molar-refractivity contribution in [3.8, 4) is 5.75 Å². The Morgan fingerprint density at radius 2 is 2.04 bits per heavy atom. The number of aromatic nitrogens is 2. The Morgan fingerprint density at radius 1 is 1.15 bits per heavy atom. The first-order valence-corrected chi connectivity index (χ1v) is 9.77. The van der Waals surface area contributed by atoms with Gasteiger partial charge in [-0.1, -0.05) is 12.1 Å². The minimum Gasteiger partial charge on any atom is -0.497 e. The summed E-state index contributed by atoms with van der Waals surface area (Å²) in [7, 11) is 1.73. The van der Waals surface area contributed by atoms with Gasteiger partial charge in [-0.2, -0.15) is 4.98 Å². The van der Waals surface area contributed by atoms with Gasteiger partial charge >= 0.3 is 0 Å². The highest BCUT2D eigenvalue weighted by atomic mass is 16.5. The van der Waals surface area contributed by atoms with E-state index in [2.05, 4.69) is 38.0 Å². The molecule has 0 saturated carbocycles. The molecule has 2 saturated heterocycles. The fourth-order valence-corrected chi connectivity index (χ4v) is 4.67. The Bertz CT molecular complexity index is 791. The van der Waals surface area contributed by atoms with Gasteiger partial charge in [0, 0.05) is 43.4 Å². The van der Waals surface area contributed by atoms with E-state index in [1.54, 1.807) is 7.11 Å². The third-order valence-electron chi connectivity index (χ3n) is 5.90. The molecule has 2 fully saturated rings. The number of piperidine rings is 1. The number of nitrogen functional groups attached to an aromatic ring is 1. The van der Waals surface area contributed by atoms with Crippen molar-refractivity contribution in [3.63, 3.8) is 0 Å². The zero-order chi connectivity index (χ0) is 18.9. The zero-order valence-corrected chi connectivity index (χ0v) is 16.3. The molecule has 0 aliphatic carbocycles. The number of methoxy groups -OCH3 is 1. The molecule has 27 heavy (non-hydrogen) atoms. The normalized spacial score (nSPS) is 23.1. The minimum absolute atomic E-state index is 0.352. The molecule has 0 radical (unpaired) electrons. The summed E-state index contributed by atoms with van der Waals surface area (Å²) in [4.78, 5) is 13.7. The van der Waals surface area contributed by atoms with Gasteiger partial charge in [0.05, 0.1) is 7.11 Å². The van der Waals surface area contributed by atoms with Gasteiger partial charge in [-0.05, 0) is 50.4 Å². The van der Waals surface area contributed by atoms with Crippen LogP contribution in [0.1, 0.15) is 30.5 Å². The third-order valence-corrected chi connectivity index (χ3v) is 5.90. The molecule has 6 nitrogen and oxygen atoms in total. The molecule has 1 atom stereocenters. The predicted molar refractivity (Wildman–Crippen MR) is 108 cm³/mol. The van der Waals surface area contributed by atoms with Gasteiger partial charge in [0.2, 0.25) is 5.95 Å². The second-order valence-corrected chi connectivity index (χ2v) is 8.06. The fraction of sp³-hybridized carbons (Fsp3) is 0.524. The Kier molecular flexibility index (Phi) is 4.91. The van der Waals surface area contributed by atoms with Crippen LogP contribution in [-0.4, -0.2) is 48.2 Å². The van der Waals surface area contributed by atoms with E-state index < -0.39 is 0 Å². The predicted octanol–water partition coefficient (Wildman–Crippen LogP) is 2.87. The second kappa shape index (κ2) is 7.35. The van der Waals surface area contributed by atoms with Crippen LogP contribution < -0.4 is 15.4 Å². The fourth-order valence-electron chi connectivity index (χ4n) is 4.67. The molecule has 6 heteroatoms. The quantitative estimate of drug-likeness (QED) is 0.896. The van der Waals surface area contributed by atoms with Crippen LogP contribution in [0.3, 0.4) is 0 Å². The SMILES string of the molecule is COc1cccc(CN2CCC[C@@]3(CCN(c4cc(C)nc(N)n4)C3)C2)c1.